The lowest BCUT2D eigenvalue weighted by atomic mass is 10.1. The highest BCUT2D eigenvalue weighted by Crippen LogP contribution is 2.08. The Morgan fingerprint density at radius 3 is 1.89 bits per heavy atom. The van der Waals surface area contributed by atoms with Crippen LogP contribution in [0.2, 0.25) is 0 Å². The van der Waals surface area contributed by atoms with Crippen molar-refractivity contribution < 1.29 is 19.2 Å². The van der Waals surface area contributed by atoms with Crippen LogP contribution < -0.4 is 16.0 Å². The lowest BCUT2D eigenvalue weighted by Crippen LogP contribution is -2.45. The Morgan fingerprint density at radius 1 is 0.778 bits per heavy atom. The molecule has 3 N–H and O–H groups in total. The van der Waals surface area contributed by atoms with Gasteiger partial charge in [-0.1, -0.05) is 19.8 Å². The van der Waals surface area contributed by atoms with E-state index in [1.807, 2.05) is 20.8 Å². The minimum atomic E-state index is -0.552. The maximum absolute atomic E-state index is 12.0. The predicted molar refractivity (Wildman–Crippen MR) is 106 cm³/mol. The zero-order valence-corrected chi connectivity index (χ0v) is 17.4. The SMILES string of the molecule is CCC(=O)CCCCC(=O)N[C@@H](CCCCCC(=O)NC(C)C)C(=O)NC. The number of likely N-dealkylation sites (N-methyl/N-ethyl adjacent to an activating group) is 1. The highest BCUT2D eigenvalue weighted by Gasteiger charge is 2.19. The predicted octanol–water partition coefficient (Wildman–Crippen LogP) is 2.23. The molecule has 0 radical (unpaired) electrons. The van der Waals surface area contributed by atoms with Crippen molar-refractivity contribution in [1.29, 1.82) is 0 Å². The summed E-state index contributed by atoms with van der Waals surface area (Å²) in [6.45, 7) is 5.69. The molecule has 0 rings (SSSR count). The lowest BCUT2D eigenvalue weighted by molar-refractivity contribution is -0.129. The maximum atomic E-state index is 12.0. The van der Waals surface area contributed by atoms with Crippen LogP contribution in [0, 0.1) is 0 Å². The second kappa shape index (κ2) is 15.2. The Labute approximate surface area is 163 Å². The monoisotopic (exact) mass is 383 g/mol. The molecule has 156 valence electrons. The minimum absolute atomic E-state index is 0.0442. The number of rotatable bonds is 15. The summed E-state index contributed by atoms with van der Waals surface area (Å²) in [6, 6.07) is -0.408. The molecule has 0 aliphatic carbocycles. The summed E-state index contributed by atoms with van der Waals surface area (Å²) in [5, 5.41) is 8.21. The smallest absolute Gasteiger partial charge is 0.242 e. The van der Waals surface area contributed by atoms with Crippen LogP contribution in [0.4, 0.5) is 0 Å². The van der Waals surface area contributed by atoms with Crippen LogP contribution in [-0.4, -0.2) is 42.6 Å². The summed E-state index contributed by atoms with van der Waals surface area (Å²) in [4.78, 5) is 46.8. The zero-order valence-electron chi connectivity index (χ0n) is 17.4. The highest BCUT2D eigenvalue weighted by molar-refractivity contribution is 5.87. The maximum Gasteiger partial charge on any atom is 0.242 e. The number of Topliss-reactive ketones (excluding diaryl/α,β-unsaturated/α-hetero) is 1. The molecule has 0 spiro atoms. The van der Waals surface area contributed by atoms with Crippen LogP contribution in [-0.2, 0) is 19.2 Å². The quantitative estimate of drug-likeness (QED) is 0.377. The average molecular weight is 384 g/mol. The minimum Gasteiger partial charge on any atom is -0.357 e. The summed E-state index contributed by atoms with van der Waals surface area (Å²) in [7, 11) is 1.55. The lowest BCUT2D eigenvalue weighted by Gasteiger charge is -2.17. The van der Waals surface area contributed by atoms with Crippen molar-refractivity contribution in [2.24, 2.45) is 0 Å². The molecule has 0 saturated heterocycles. The first-order chi connectivity index (χ1) is 12.8. The van der Waals surface area contributed by atoms with Crippen molar-refractivity contribution in [3.8, 4) is 0 Å². The summed E-state index contributed by atoms with van der Waals surface area (Å²) in [6.07, 6.45) is 6.07. The molecule has 0 fully saturated rings. The molecule has 7 heteroatoms. The van der Waals surface area contributed by atoms with Gasteiger partial charge < -0.3 is 16.0 Å². The van der Waals surface area contributed by atoms with Gasteiger partial charge in [-0.05, 0) is 39.5 Å². The Morgan fingerprint density at radius 2 is 1.33 bits per heavy atom. The molecule has 7 nitrogen and oxygen atoms in total. The van der Waals surface area contributed by atoms with Crippen LogP contribution in [0.5, 0.6) is 0 Å². The number of carbonyl (C=O) groups is 4. The van der Waals surface area contributed by atoms with Crippen LogP contribution in [0.15, 0.2) is 0 Å². The molecule has 0 heterocycles. The summed E-state index contributed by atoms with van der Waals surface area (Å²) < 4.78 is 0. The number of ketones is 1. The van der Waals surface area contributed by atoms with E-state index in [1.165, 1.54) is 0 Å². The van der Waals surface area contributed by atoms with Gasteiger partial charge in [-0.15, -0.1) is 0 Å². The topological polar surface area (TPSA) is 104 Å². The first kappa shape index (κ1) is 25.1. The molecule has 0 bridgehead atoms. The van der Waals surface area contributed by atoms with Gasteiger partial charge in [0.1, 0.15) is 11.8 Å². The summed E-state index contributed by atoms with van der Waals surface area (Å²) >= 11 is 0. The molecule has 0 aromatic heterocycles. The number of amides is 3. The van der Waals surface area contributed by atoms with E-state index in [2.05, 4.69) is 16.0 Å². The normalized spacial score (nSPS) is 11.7. The van der Waals surface area contributed by atoms with Crippen LogP contribution >= 0.6 is 0 Å². The third kappa shape index (κ3) is 13.9. The van der Waals surface area contributed by atoms with Crippen molar-refractivity contribution in [2.75, 3.05) is 7.05 Å². The van der Waals surface area contributed by atoms with Crippen LogP contribution in [0.3, 0.4) is 0 Å². The summed E-state index contributed by atoms with van der Waals surface area (Å²) in [5.41, 5.74) is 0. The van der Waals surface area contributed by atoms with Crippen molar-refractivity contribution in [3.05, 3.63) is 0 Å². The van der Waals surface area contributed by atoms with Gasteiger partial charge in [-0.25, -0.2) is 0 Å². The molecule has 0 saturated carbocycles. The molecular weight excluding hydrogens is 346 g/mol. The number of unbranched alkanes of at least 4 members (excludes halogenated alkanes) is 3. The highest BCUT2D eigenvalue weighted by atomic mass is 16.2. The van der Waals surface area contributed by atoms with Crippen LogP contribution in [0.1, 0.15) is 85.0 Å². The fraction of sp³-hybridized carbons (Fsp3) is 0.800. The van der Waals surface area contributed by atoms with Crippen molar-refractivity contribution in [2.45, 2.75) is 97.1 Å². The van der Waals surface area contributed by atoms with Gasteiger partial charge in [0, 0.05) is 38.8 Å². The van der Waals surface area contributed by atoms with E-state index >= 15 is 0 Å². The number of carbonyl (C=O) groups excluding carboxylic acids is 4. The Hall–Kier alpha value is -1.92. The first-order valence-corrected chi connectivity index (χ1v) is 10.1. The van der Waals surface area contributed by atoms with Gasteiger partial charge in [-0.3, -0.25) is 19.2 Å². The van der Waals surface area contributed by atoms with Gasteiger partial charge in [0.2, 0.25) is 17.7 Å². The molecular formula is C20H37N3O4. The molecule has 0 aromatic carbocycles. The Balaban J connectivity index is 4.10. The number of nitrogens with one attached hydrogen (secondary N) is 3. The molecule has 0 aromatic rings. The van der Waals surface area contributed by atoms with Gasteiger partial charge in [0.05, 0.1) is 0 Å². The molecule has 0 unspecified atom stereocenters. The largest absolute Gasteiger partial charge is 0.357 e. The Bertz CT molecular complexity index is 478. The van der Waals surface area contributed by atoms with Crippen LogP contribution in [0.25, 0.3) is 0 Å². The molecule has 1 atom stereocenters. The van der Waals surface area contributed by atoms with Gasteiger partial charge in [0.15, 0.2) is 0 Å². The second-order valence-electron chi connectivity index (χ2n) is 7.16. The number of hydrogen-bond donors (Lipinski definition) is 3. The third-order valence-electron chi connectivity index (χ3n) is 4.25. The van der Waals surface area contributed by atoms with E-state index in [-0.39, 0.29) is 29.5 Å². The van der Waals surface area contributed by atoms with E-state index in [9.17, 15) is 19.2 Å². The van der Waals surface area contributed by atoms with E-state index in [0.29, 0.717) is 44.9 Å². The molecule has 3 amide bonds. The Kier molecular flexibility index (Phi) is 14.1. The standard InChI is InChI=1S/C20H37N3O4/c1-5-16(24)11-9-10-14-19(26)23-17(20(27)21-4)12-7-6-8-13-18(25)22-15(2)3/h15,17H,5-14H2,1-4H3,(H,21,27)(H,22,25)(H,23,26)/t17-/m0/s1. The zero-order chi connectivity index (χ0) is 20.7. The third-order valence-corrected chi connectivity index (χ3v) is 4.25. The second-order valence-corrected chi connectivity index (χ2v) is 7.16. The van der Waals surface area contributed by atoms with Crippen molar-refractivity contribution in [1.82, 2.24) is 16.0 Å². The van der Waals surface area contributed by atoms with Crippen molar-refractivity contribution in [3.63, 3.8) is 0 Å². The van der Waals surface area contributed by atoms with Crippen molar-refractivity contribution >= 4 is 23.5 Å². The van der Waals surface area contributed by atoms with Gasteiger partial charge in [0.25, 0.3) is 0 Å². The fourth-order valence-electron chi connectivity index (χ4n) is 2.70. The molecule has 0 aliphatic heterocycles. The van der Waals surface area contributed by atoms with E-state index in [1.54, 1.807) is 7.05 Å². The van der Waals surface area contributed by atoms with E-state index in [0.717, 1.165) is 19.3 Å². The summed E-state index contributed by atoms with van der Waals surface area (Å²) in [5.74, 6) is -0.116. The van der Waals surface area contributed by atoms with Gasteiger partial charge in [-0.2, -0.15) is 0 Å². The molecule has 0 aliphatic rings. The average Bonchev–Trinajstić information content (AvgIpc) is 2.62. The van der Waals surface area contributed by atoms with E-state index in [4.69, 9.17) is 0 Å². The van der Waals surface area contributed by atoms with Gasteiger partial charge >= 0.3 is 0 Å². The first-order valence-electron chi connectivity index (χ1n) is 10.1. The molecule has 27 heavy (non-hydrogen) atoms. The fourth-order valence-corrected chi connectivity index (χ4v) is 2.70. The van der Waals surface area contributed by atoms with E-state index < -0.39 is 6.04 Å². The number of hydrogen-bond acceptors (Lipinski definition) is 4.